The number of nitro benzene ring substituents is 1. The maximum atomic E-state index is 11.7. The molecule has 1 heterocycles. The zero-order chi connectivity index (χ0) is 15.6. The highest BCUT2D eigenvalue weighted by Gasteiger charge is 2.25. The van der Waals surface area contributed by atoms with Crippen LogP contribution in [0.5, 0.6) is 0 Å². The fourth-order valence-corrected chi connectivity index (χ4v) is 2.11. The van der Waals surface area contributed by atoms with Gasteiger partial charge in [0.1, 0.15) is 5.69 Å². The minimum Gasteiger partial charge on any atom is -0.374 e. The molecule has 0 unspecified atom stereocenters. The third-order valence-corrected chi connectivity index (χ3v) is 3.95. The molecular formula is C14H18N4O3. The van der Waals surface area contributed by atoms with Crippen molar-refractivity contribution in [2.75, 3.05) is 5.32 Å². The molecule has 0 aliphatic rings. The minimum atomic E-state index is -0.486. The van der Waals surface area contributed by atoms with Crippen molar-refractivity contribution < 1.29 is 4.92 Å². The molecule has 2 rings (SSSR count). The van der Waals surface area contributed by atoms with Gasteiger partial charge in [0.05, 0.1) is 22.2 Å². The van der Waals surface area contributed by atoms with E-state index in [9.17, 15) is 14.9 Å². The number of nitrogens with one attached hydrogen (secondary N) is 2. The van der Waals surface area contributed by atoms with Crippen molar-refractivity contribution in [2.45, 2.75) is 39.2 Å². The van der Waals surface area contributed by atoms with Gasteiger partial charge in [-0.25, -0.2) is 4.98 Å². The molecule has 0 aliphatic carbocycles. The molecule has 7 nitrogen and oxygen atoms in total. The molecule has 2 N–H and O–H groups in total. The molecule has 0 amide bonds. The number of aromatic amines is 1. The van der Waals surface area contributed by atoms with E-state index >= 15 is 0 Å². The summed E-state index contributed by atoms with van der Waals surface area (Å²) in [4.78, 5) is 29.0. The van der Waals surface area contributed by atoms with E-state index in [1.165, 1.54) is 12.4 Å². The molecule has 0 fully saturated rings. The summed E-state index contributed by atoms with van der Waals surface area (Å²) in [6.07, 6.45) is 2.93. The van der Waals surface area contributed by atoms with Gasteiger partial charge in [-0.1, -0.05) is 13.8 Å². The molecule has 0 spiro atoms. The van der Waals surface area contributed by atoms with Crippen molar-refractivity contribution >= 4 is 22.3 Å². The van der Waals surface area contributed by atoms with Crippen LogP contribution in [0.4, 0.5) is 11.4 Å². The topological polar surface area (TPSA) is 101 Å². The molecule has 21 heavy (non-hydrogen) atoms. The Morgan fingerprint density at radius 2 is 2.05 bits per heavy atom. The van der Waals surface area contributed by atoms with Gasteiger partial charge in [-0.05, 0) is 25.8 Å². The van der Waals surface area contributed by atoms with E-state index in [2.05, 4.69) is 15.3 Å². The van der Waals surface area contributed by atoms with Gasteiger partial charge in [-0.3, -0.25) is 14.9 Å². The maximum Gasteiger partial charge on any atom is 0.293 e. The van der Waals surface area contributed by atoms with Crippen LogP contribution in [-0.2, 0) is 0 Å². The van der Waals surface area contributed by atoms with Crippen LogP contribution < -0.4 is 10.9 Å². The minimum absolute atomic E-state index is 0.117. The molecule has 0 saturated heterocycles. The number of benzene rings is 1. The van der Waals surface area contributed by atoms with Crippen LogP contribution >= 0.6 is 0 Å². The first-order valence-corrected chi connectivity index (χ1v) is 6.84. The average Bonchev–Trinajstić information content (AvgIpc) is 2.46. The summed E-state index contributed by atoms with van der Waals surface area (Å²) in [5.74, 6) is 0. The van der Waals surface area contributed by atoms with Gasteiger partial charge in [0.2, 0.25) is 0 Å². The Hall–Kier alpha value is -2.44. The Labute approximate surface area is 121 Å². The Morgan fingerprint density at radius 1 is 1.38 bits per heavy atom. The predicted octanol–water partition coefficient (Wildman–Crippen LogP) is 2.82. The summed E-state index contributed by atoms with van der Waals surface area (Å²) in [6.45, 7) is 6.05. The van der Waals surface area contributed by atoms with Crippen molar-refractivity contribution in [3.63, 3.8) is 0 Å². The van der Waals surface area contributed by atoms with E-state index in [4.69, 9.17) is 0 Å². The summed E-state index contributed by atoms with van der Waals surface area (Å²) >= 11 is 0. The lowest BCUT2D eigenvalue weighted by Gasteiger charge is -2.29. The lowest BCUT2D eigenvalue weighted by Crippen LogP contribution is -2.33. The number of nitro groups is 1. The fourth-order valence-electron chi connectivity index (χ4n) is 2.11. The van der Waals surface area contributed by atoms with Crippen LogP contribution in [-0.4, -0.2) is 20.4 Å². The van der Waals surface area contributed by atoms with Crippen molar-refractivity contribution in [3.05, 3.63) is 38.9 Å². The standard InChI is InChI=1S/C14H18N4O3/c1-4-14(3,5-2)17-11-7-10-9(6-12(11)18(20)21)13(19)16-8-15-10/h6-8,17H,4-5H2,1-3H3,(H,15,16,19). The first kappa shape index (κ1) is 15.0. The van der Waals surface area contributed by atoms with Gasteiger partial charge >= 0.3 is 0 Å². The van der Waals surface area contributed by atoms with E-state index in [0.29, 0.717) is 11.2 Å². The normalized spacial score (nSPS) is 11.6. The van der Waals surface area contributed by atoms with Crippen LogP contribution in [0, 0.1) is 10.1 Å². The second-order valence-electron chi connectivity index (χ2n) is 5.27. The second kappa shape index (κ2) is 5.51. The van der Waals surface area contributed by atoms with Gasteiger partial charge in [0.25, 0.3) is 11.2 Å². The summed E-state index contributed by atoms with van der Waals surface area (Å²) in [5, 5.41) is 14.7. The van der Waals surface area contributed by atoms with Crippen molar-refractivity contribution in [1.29, 1.82) is 0 Å². The number of fused-ring (bicyclic) bond motifs is 1. The summed E-state index contributed by atoms with van der Waals surface area (Å²) < 4.78 is 0. The van der Waals surface area contributed by atoms with Crippen molar-refractivity contribution in [2.24, 2.45) is 0 Å². The SMILES string of the molecule is CCC(C)(CC)Nc1cc2nc[nH]c(=O)c2cc1[N+](=O)[O-]. The van der Waals surface area contributed by atoms with E-state index in [0.717, 1.165) is 12.8 Å². The molecule has 2 aromatic rings. The highest BCUT2D eigenvalue weighted by molar-refractivity contribution is 5.86. The number of anilines is 1. The second-order valence-corrected chi connectivity index (χ2v) is 5.27. The molecular weight excluding hydrogens is 272 g/mol. The zero-order valence-corrected chi connectivity index (χ0v) is 12.3. The quantitative estimate of drug-likeness (QED) is 0.651. The highest BCUT2D eigenvalue weighted by Crippen LogP contribution is 2.32. The molecule has 0 saturated carbocycles. The number of nitrogens with zero attached hydrogens (tertiary/aromatic N) is 2. The molecule has 1 aromatic heterocycles. The Kier molecular flexibility index (Phi) is 3.93. The summed E-state index contributed by atoms with van der Waals surface area (Å²) in [7, 11) is 0. The van der Waals surface area contributed by atoms with E-state index < -0.39 is 4.92 Å². The summed E-state index contributed by atoms with van der Waals surface area (Å²) in [6, 6.07) is 2.83. The number of hydrogen-bond acceptors (Lipinski definition) is 5. The lowest BCUT2D eigenvalue weighted by molar-refractivity contribution is -0.383. The molecule has 0 radical (unpaired) electrons. The van der Waals surface area contributed by atoms with E-state index in [1.54, 1.807) is 6.07 Å². The van der Waals surface area contributed by atoms with Crippen LogP contribution in [0.25, 0.3) is 10.9 Å². The fraction of sp³-hybridized carbons (Fsp3) is 0.429. The third-order valence-electron chi connectivity index (χ3n) is 3.95. The number of rotatable bonds is 5. The third kappa shape index (κ3) is 2.86. The van der Waals surface area contributed by atoms with Gasteiger partial charge in [0.15, 0.2) is 0 Å². The predicted molar refractivity (Wildman–Crippen MR) is 81.6 cm³/mol. The summed E-state index contributed by atoms with van der Waals surface area (Å²) in [5.41, 5.74) is 0.0651. The van der Waals surface area contributed by atoms with Crippen LogP contribution in [0.3, 0.4) is 0 Å². The van der Waals surface area contributed by atoms with E-state index in [1.807, 2.05) is 20.8 Å². The Bertz CT molecular complexity index is 735. The van der Waals surface area contributed by atoms with Gasteiger partial charge in [-0.15, -0.1) is 0 Å². The number of aromatic nitrogens is 2. The maximum absolute atomic E-state index is 11.7. The van der Waals surface area contributed by atoms with Crippen LogP contribution in [0.2, 0.25) is 0 Å². The molecule has 0 atom stereocenters. The molecule has 0 aliphatic heterocycles. The van der Waals surface area contributed by atoms with Gasteiger partial charge < -0.3 is 10.3 Å². The molecule has 0 bridgehead atoms. The first-order chi connectivity index (χ1) is 9.90. The largest absolute Gasteiger partial charge is 0.374 e. The molecule has 1 aromatic carbocycles. The van der Waals surface area contributed by atoms with Gasteiger partial charge in [-0.2, -0.15) is 0 Å². The van der Waals surface area contributed by atoms with Crippen LogP contribution in [0.1, 0.15) is 33.6 Å². The van der Waals surface area contributed by atoms with Crippen LogP contribution in [0.15, 0.2) is 23.3 Å². The molecule has 7 heteroatoms. The first-order valence-electron chi connectivity index (χ1n) is 6.84. The number of hydrogen-bond donors (Lipinski definition) is 2. The van der Waals surface area contributed by atoms with E-state index in [-0.39, 0.29) is 22.2 Å². The lowest BCUT2D eigenvalue weighted by atomic mass is 9.95. The number of H-pyrrole nitrogens is 1. The Balaban J connectivity index is 2.64. The highest BCUT2D eigenvalue weighted by atomic mass is 16.6. The monoisotopic (exact) mass is 290 g/mol. The van der Waals surface area contributed by atoms with Gasteiger partial charge in [0, 0.05) is 11.6 Å². The smallest absolute Gasteiger partial charge is 0.293 e. The zero-order valence-electron chi connectivity index (χ0n) is 12.3. The van der Waals surface area contributed by atoms with Crippen molar-refractivity contribution in [3.8, 4) is 0 Å². The molecule has 112 valence electrons. The average molecular weight is 290 g/mol. The van der Waals surface area contributed by atoms with Crippen molar-refractivity contribution in [1.82, 2.24) is 9.97 Å². The Morgan fingerprint density at radius 3 is 2.62 bits per heavy atom.